The van der Waals surface area contributed by atoms with Crippen molar-refractivity contribution < 1.29 is 0 Å². The number of anilines is 3. The maximum atomic E-state index is 4.79. The third-order valence-corrected chi connectivity index (χ3v) is 8.61. The van der Waals surface area contributed by atoms with E-state index in [2.05, 4.69) is 151 Å². The molecule has 5 aromatic carbocycles. The maximum Gasteiger partial charge on any atom is 0.137 e. The van der Waals surface area contributed by atoms with Crippen molar-refractivity contribution in [3.8, 4) is 16.8 Å². The zero-order valence-corrected chi connectivity index (χ0v) is 23.1. The number of para-hydroxylation sites is 2. The van der Waals surface area contributed by atoms with Gasteiger partial charge in [-0.05, 0) is 70.8 Å². The molecule has 3 nitrogen and oxygen atoms in total. The number of hydrogen-bond acceptors (Lipinski definition) is 2. The fraction of sp³-hybridized carbons (Fsp3) is 0.0789. The predicted octanol–water partition coefficient (Wildman–Crippen LogP) is 9.95. The third-order valence-electron chi connectivity index (χ3n) is 8.61. The lowest BCUT2D eigenvalue weighted by Crippen LogP contribution is -2.26. The third kappa shape index (κ3) is 3.56. The fourth-order valence-electron chi connectivity index (χ4n) is 6.65. The highest BCUT2D eigenvalue weighted by Gasteiger charge is 2.34. The van der Waals surface area contributed by atoms with Gasteiger partial charge >= 0.3 is 0 Å². The molecule has 41 heavy (non-hydrogen) atoms. The second kappa shape index (κ2) is 8.94. The molecule has 0 atom stereocenters. The fourth-order valence-corrected chi connectivity index (χ4v) is 6.65. The first-order valence-corrected chi connectivity index (χ1v) is 14.2. The molecule has 3 heterocycles. The van der Waals surface area contributed by atoms with E-state index in [9.17, 15) is 0 Å². The normalized spacial score (nSPS) is 13.3. The Morgan fingerprint density at radius 2 is 1.32 bits per heavy atom. The largest absolute Gasteiger partial charge is 0.309 e. The van der Waals surface area contributed by atoms with E-state index in [0.717, 1.165) is 17.2 Å². The average molecular weight is 528 g/mol. The van der Waals surface area contributed by atoms with Gasteiger partial charge in [0.2, 0.25) is 0 Å². The summed E-state index contributed by atoms with van der Waals surface area (Å²) in [5.74, 6) is 0.886. The van der Waals surface area contributed by atoms with Crippen molar-refractivity contribution in [1.82, 2.24) is 9.55 Å². The van der Waals surface area contributed by atoms with Gasteiger partial charge in [-0.2, -0.15) is 0 Å². The van der Waals surface area contributed by atoms with Crippen LogP contribution in [0.3, 0.4) is 0 Å². The average Bonchev–Trinajstić information content (AvgIpc) is 3.36. The first kappa shape index (κ1) is 23.7. The van der Waals surface area contributed by atoms with E-state index >= 15 is 0 Å². The quantitative estimate of drug-likeness (QED) is 0.227. The number of nitrogens with zero attached hydrogens (tertiary/aromatic N) is 3. The molecule has 0 amide bonds. The Morgan fingerprint density at radius 3 is 2.17 bits per heavy atom. The molecule has 0 spiro atoms. The van der Waals surface area contributed by atoms with Gasteiger partial charge in [0.1, 0.15) is 5.82 Å². The summed E-state index contributed by atoms with van der Waals surface area (Å²) in [5.41, 5.74) is 11.0. The van der Waals surface area contributed by atoms with Gasteiger partial charge in [-0.15, -0.1) is 0 Å². The Balaban J connectivity index is 1.38. The van der Waals surface area contributed by atoms with Crippen LogP contribution < -0.4 is 4.90 Å². The van der Waals surface area contributed by atoms with E-state index < -0.39 is 0 Å². The van der Waals surface area contributed by atoms with Crippen LogP contribution in [0.15, 0.2) is 140 Å². The van der Waals surface area contributed by atoms with E-state index in [4.69, 9.17) is 4.98 Å². The van der Waals surface area contributed by atoms with Gasteiger partial charge in [-0.3, -0.25) is 4.90 Å². The minimum atomic E-state index is -0.0822. The first-order chi connectivity index (χ1) is 20.1. The van der Waals surface area contributed by atoms with Gasteiger partial charge < -0.3 is 4.57 Å². The van der Waals surface area contributed by atoms with Crippen LogP contribution in [-0.4, -0.2) is 9.55 Å². The molecule has 196 valence electrons. The first-order valence-electron chi connectivity index (χ1n) is 14.2. The number of aromatic nitrogens is 2. The minimum absolute atomic E-state index is 0.0822. The molecule has 3 heteroatoms. The lowest BCUT2D eigenvalue weighted by molar-refractivity contribution is 0.630. The van der Waals surface area contributed by atoms with Crippen LogP contribution in [0.25, 0.3) is 38.6 Å². The van der Waals surface area contributed by atoms with Crippen LogP contribution in [0.2, 0.25) is 0 Å². The van der Waals surface area contributed by atoms with Gasteiger partial charge in [-0.25, -0.2) is 4.98 Å². The molecule has 7 aromatic rings. The standard InChI is InChI=1S/C38H29N3/c1-38(2)32-17-6-7-19-35(32)41-34-22-21-29(25-31(34)30-16-11-18-33(38)37(30)41)40(36-20-8-9-23-39-36)28-15-10-14-27(24-28)26-12-4-3-5-13-26/h3-25H,1-2H3. The number of hydrogen-bond donors (Lipinski definition) is 0. The van der Waals surface area contributed by atoms with Crippen LogP contribution in [0.5, 0.6) is 0 Å². The summed E-state index contributed by atoms with van der Waals surface area (Å²) in [6.45, 7) is 4.69. The Kier molecular flexibility index (Phi) is 5.17. The Labute approximate surface area is 240 Å². The highest BCUT2D eigenvalue weighted by molar-refractivity contribution is 6.12. The van der Waals surface area contributed by atoms with Gasteiger partial charge in [-0.1, -0.05) is 98.8 Å². The zero-order valence-electron chi connectivity index (χ0n) is 23.1. The number of benzene rings is 5. The summed E-state index contributed by atoms with van der Waals surface area (Å²) in [7, 11) is 0. The molecule has 0 radical (unpaired) electrons. The Bertz CT molecular complexity index is 2070. The van der Waals surface area contributed by atoms with Crippen LogP contribution in [0, 0.1) is 0 Å². The number of rotatable bonds is 4. The highest BCUT2D eigenvalue weighted by Crippen LogP contribution is 2.48. The molecular formula is C38H29N3. The molecule has 1 aliphatic rings. The van der Waals surface area contributed by atoms with Crippen molar-refractivity contribution in [3.05, 3.63) is 151 Å². The molecule has 1 aliphatic heterocycles. The van der Waals surface area contributed by atoms with Crippen molar-refractivity contribution >= 4 is 39.0 Å². The Morgan fingerprint density at radius 1 is 0.585 bits per heavy atom. The minimum Gasteiger partial charge on any atom is -0.309 e. The number of fused-ring (bicyclic) bond motifs is 5. The van der Waals surface area contributed by atoms with Gasteiger partial charge in [0.15, 0.2) is 0 Å². The van der Waals surface area contributed by atoms with Crippen molar-refractivity contribution in [2.24, 2.45) is 0 Å². The lowest BCUT2D eigenvalue weighted by Gasteiger charge is -2.34. The molecule has 8 rings (SSSR count). The molecular weight excluding hydrogens is 498 g/mol. The van der Waals surface area contributed by atoms with Crippen LogP contribution in [-0.2, 0) is 5.41 Å². The van der Waals surface area contributed by atoms with Crippen LogP contribution >= 0.6 is 0 Å². The second-order valence-electron chi connectivity index (χ2n) is 11.3. The summed E-state index contributed by atoms with van der Waals surface area (Å²) < 4.78 is 2.46. The van der Waals surface area contributed by atoms with E-state index in [1.807, 2.05) is 12.3 Å². The predicted molar refractivity (Wildman–Crippen MR) is 171 cm³/mol. The van der Waals surface area contributed by atoms with Crippen LogP contribution in [0.4, 0.5) is 17.2 Å². The summed E-state index contributed by atoms with van der Waals surface area (Å²) in [5, 5.41) is 2.52. The van der Waals surface area contributed by atoms with Gasteiger partial charge in [0.05, 0.1) is 16.7 Å². The van der Waals surface area contributed by atoms with E-state index in [0.29, 0.717) is 0 Å². The topological polar surface area (TPSA) is 21.1 Å². The van der Waals surface area contributed by atoms with Gasteiger partial charge in [0, 0.05) is 33.8 Å². The van der Waals surface area contributed by atoms with E-state index in [1.54, 1.807) is 0 Å². The molecule has 0 bridgehead atoms. The molecule has 0 saturated heterocycles. The lowest BCUT2D eigenvalue weighted by atomic mass is 9.75. The summed E-state index contributed by atoms with van der Waals surface area (Å²) in [6.07, 6.45) is 1.86. The second-order valence-corrected chi connectivity index (χ2v) is 11.3. The molecule has 0 aliphatic carbocycles. The number of pyridine rings is 1. The molecule has 0 N–H and O–H groups in total. The zero-order chi connectivity index (χ0) is 27.6. The SMILES string of the molecule is CC1(C)c2ccccc2-n2c3ccc(N(c4cccc(-c5ccccc5)c4)c4ccccn4)cc3c3cccc1c32. The maximum absolute atomic E-state index is 4.79. The highest BCUT2D eigenvalue weighted by atomic mass is 15.2. The molecule has 2 aromatic heterocycles. The van der Waals surface area contributed by atoms with Crippen molar-refractivity contribution in [2.45, 2.75) is 19.3 Å². The Hall–Kier alpha value is -5.15. The van der Waals surface area contributed by atoms with E-state index in [1.165, 1.54) is 49.7 Å². The van der Waals surface area contributed by atoms with E-state index in [-0.39, 0.29) is 5.41 Å². The molecule has 0 unspecified atom stereocenters. The van der Waals surface area contributed by atoms with Crippen molar-refractivity contribution in [3.63, 3.8) is 0 Å². The monoisotopic (exact) mass is 527 g/mol. The smallest absolute Gasteiger partial charge is 0.137 e. The molecule has 0 saturated carbocycles. The van der Waals surface area contributed by atoms with Gasteiger partial charge in [0.25, 0.3) is 0 Å². The van der Waals surface area contributed by atoms with Crippen LogP contribution in [0.1, 0.15) is 25.0 Å². The summed E-state index contributed by atoms with van der Waals surface area (Å²) in [4.78, 5) is 7.05. The summed E-state index contributed by atoms with van der Waals surface area (Å²) in [6, 6.07) is 47.8. The van der Waals surface area contributed by atoms with Crippen molar-refractivity contribution in [1.29, 1.82) is 0 Å². The summed E-state index contributed by atoms with van der Waals surface area (Å²) >= 11 is 0. The van der Waals surface area contributed by atoms with Crippen molar-refractivity contribution in [2.75, 3.05) is 4.90 Å². The molecule has 0 fully saturated rings.